The molecule has 1 aromatic carbocycles. The number of amides is 1. The largest absolute Gasteiger partial charge is 0.497 e. The van der Waals surface area contributed by atoms with E-state index in [1.165, 1.54) is 0 Å². The van der Waals surface area contributed by atoms with E-state index in [1.54, 1.807) is 7.11 Å². The molecule has 0 saturated heterocycles. The van der Waals surface area contributed by atoms with Crippen molar-refractivity contribution in [2.24, 2.45) is 11.7 Å². The van der Waals surface area contributed by atoms with Gasteiger partial charge in [0.25, 0.3) is 0 Å². The fourth-order valence-corrected chi connectivity index (χ4v) is 3.11. The highest BCUT2D eigenvalue weighted by Gasteiger charge is 2.29. The second-order valence-electron chi connectivity index (χ2n) is 6.25. The average Bonchev–Trinajstić information content (AvgIpc) is 2.98. The van der Waals surface area contributed by atoms with Crippen LogP contribution in [0, 0.1) is 5.92 Å². The minimum absolute atomic E-state index is 0. The molecule has 0 bridgehead atoms. The summed E-state index contributed by atoms with van der Waals surface area (Å²) in [6.07, 6.45) is 5.87. The molecular weight excluding hydrogens is 312 g/mol. The van der Waals surface area contributed by atoms with E-state index in [4.69, 9.17) is 10.5 Å². The Labute approximate surface area is 145 Å². The van der Waals surface area contributed by atoms with Crippen LogP contribution in [-0.4, -0.2) is 19.1 Å². The van der Waals surface area contributed by atoms with E-state index in [9.17, 15) is 4.79 Å². The van der Waals surface area contributed by atoms with Gasteiger partial charge in [0, 0.05) is 12.0 Å². The molecule has 2 rings (SSSR count). The minimum Gasteiger partial charge on any atom is -0.497 e. The van der Waals surface area contributed by atoms with Crippen LogP contribution in [0.4, 0.5) is 0 Å². The number of ether oxygens (including phenoxy) is 1. The van der Waals surface area contributed by atoms with Crippen LogP contribution in [0.3, 0.4) is 0 Å². The van der Waals surface area contributed by atoms with Crippen LogP contribution in [0.2, 0.25) is 0 Å². The topological polar surface area (TPSA) is 64.4 Å². The maximum Gasteiger partial charge on any atom is 0.223 e. The zero-order valence-electron chi connectivity index (χ0n) is 14.1. The summed E-state index contributed by atoms with van der Waals surface area (Å²) in [6.45, 7) is 2.17. The molecule has 1 fully saturated rings. The number of unbranched alkanes of at least 4 members (excludes halogenated alkanes) is 1. The third-order valence-corrected chi connectivity index (χ3v) is 4.52. The smallest absolute Gasteiger partial charge is 0.223 e. The number of benzene rings is 1. The molecule has 0 heterocycles. The summed E-state index contributed by atoms with van der Waals surface area (Å²) in [5.74, 6) is 1.08. The maximum atomic E-state index is 12.5. The van der Waals surface area contributed by atoms with Crippen LogP contribution in [0.15, 0.2) is 24.3 Å². The second-order valence-corrected chi connectivity index (χ2v) is 6.25. The second kappa shape index (κ2) is 9.78. The number of nitrogens with two attached hydrogens (primary N) is 1. The number of rotatable bonds is 7. The molecule has 1 saturated carbocycles. The lowest BCUT2D eigenvalue weighted by Crippen LogP contribution is -2.33. The van der Waals surface area contributed by atoms with Crippen molar-refractivity contribution in [2.45, 2.75) is 57.5 Å². The molecule has 1 aromatic rings. The fourth-order valence-electron chi connectivity index (χ4n) is 3.11. The number of nitrogens with one attached hydrogen (secondary N) is 1. The number of methoxy groups -OCH3 is 1. The first kappa shape index (κ1) is 19.8. The molecule has 3 N–H and O–H groups in total. The van der Waals surface area contributed by atoms with Gasteiger partial charge < -0.3 is 15.8 Å². The fraction of sp³-hybridized carbons (Fsp3) is 0.611. The number of halogens is 1. The van der Waals surface area contributed by atoms with Crippen molar-refractivity contribution in [2.75, 3.05) is 7.11 Å². The summed E-state index contributed by atoms with van der Waals surface area (Å²) in [5, 5.41) is 3.23. The number of carbonyl (C=O) groups is 1. The van der Waals surface area contributed by atoms with E-state index in [0.717, 1.165) is 49.8 Å². The lowest BCUT2D eigenvalue weighted by Gasteiger charge is -2.21. The molecule has 5 heteroatoms. The quantitative estimate of drug-likeness (QED) is 0.797. The van der Waals surface area contributed by atoms with Crippen LogP contribution < -0.4 is 15.8 Å². The van der Waals surface area contributed by atoms with Gasteiger partial charge in [-0.3, -0.25) is 4.79 Å². The minimum atomic E-state index is 0. The first-order valence-corrected chi connectivity index (χ1v) is 8.34. The Morgan fingerprint density at radius 2 is 2.04 bits per heavy atom. The van der Waals surface area contributed by atoms with Crippen molar-refractivity contribution in [1.29, 1.82) is 0 Å². The van der Waals surface area contributed by atoms with Crippen molar-refractivity contribution in [1.82, 2.24) is 5.32 Å². The Morgan fingerprint density at radius 3 is 2.57 bits per heavy atom. The predicted molar refractivity (Wildman–Crippen MR) is 96.0 cm³/mol. The van der Waals surface area contributed by atoms with Crippen molar-refractivity contribution < 1.29 is 9.53 Å². The van der Waals surface area contributed by atoms with E-state index >= 15 is 0 Å². The van der Waals surface area contributed by atoms with Gasteiger partial charge in [0.05, 0.1) is 13.2 Å². The Hall–Kier alpha value is -1.26. The van der Waals surface area contributed by atoms with E-state index < -0.39 is 0 Å². The molecule has 1 aliphatic rings. The van der Waals surface area contributed by atoms with Gasteiger partial charge in [0.2, 0.25) is 5.91 Å². The van der Waals surface area contributed by atoms with E-state index in [1.807, 2.05) is 24.3 Å². The van der Waals surface area contributed by atoms with Crippen LogP contribution in [-0.2, 0) is 4.79 Å². The highest BCUT2D eigenvalue weighted by atomic mass is 35.5. The molecule has 0 spiro atoms. The van der Waals surface area contributed by atoms with E-state index in [0.29, 0.717) is 0 Å². The first-order valence-electron chi connectivity index (χ1n) is 8.34. The highest BCUT2D eigenvalue weighted by molar-refractivity contribution is 5.85. The van der Waals surface area contributed by atoms with Gasteiger partial charge in [-0.15, -0.1) is 12.4 Å². The van der Waals surface area contributed by atoms with Gasteiger partial charge in [-0.2, -0.15) is 0 Å². The summed E-state index contributed by atoms with van der Waals surface area (Å²) < 4.78 is 5.20. The van der Waals surface area contributed by atoms with Crippen molar-refractivity contribution in [3.63, 3.8) is 0 Å². The lowest BCUT2D eigenvalue weighted by atomic mass is 9.99. The molecule has 3 unspecified atom stereocenters. The Balaban J connectivity index is 0.00000264. The molecule has 4 nitrogen and oxygen atoms in total. The monoisotopic (exact) mass is 340 g/mol. The molecule has 1 aliphatic carbocycles. The molecule has 0 aromatic heterocycles. The Bertz CT molecular complexity index is 478. The van der Waals surface area contributed by atoms with Crippen molar-refractivity contribution >= 4 is 18.3 Å². The van der Waals surface area contributed by atoms with Gasteiger partial charge in [0.1, 0.15) is 5.75 Å². The third-order valence-electron chi connectivity index (χ3n) is 4.52. The summed E-state index contributed by atoms with van der Waals surface area (Å²) in [5.41, 5.74) is 7.07. The Morgan fingerprint density at radius 1 is 1.35 bits per heavy atom. The Kier molecular flexibility index (Phi) is 8.42. The van der Waals surface area contributed by atoms with Gasteiger partial charge in [0.15, 0.2) is 0 Å². The zero-order valence-corrected chi connectivity index (χ0v) is 14.9. The summed E-state index contributed by atoms with van der Waals surface area (Å²) >= 11 is 0. The first-order chi connectivity index (χ1) is 10.6. The molecule has 3 atom stereocenters. The van der Waals surface area contributed by atoms with E-state index in [-0.39, 0.29) is 36.3 Å². The highest BCUT2D eigenvalue weighted by Crippen LogP contribution is 2.27. The summed E-state index contributed by atoms with van der Waals surface area (Å²) in [4.78, 5) is 12.5. The van der Waals surface area contributed by atoms with Gasteiger partial charge in [-0.05, 0) is 43.4 Å². The summed E-state index contributed by atoms with van der Waals surface area (Å²) in [6, 6.07) is 8.25. The molecule has 0 aliphatic heterocycles. The number of hydrogen-bond donors (Lipinski definition) is 2. The van der Waals surface area contributed by atoms with Crippen LogP contribution in [0.1, 0.15) is 57.1 Å². The predicted octanol–water partition coefficient (Wildman–Crippen LogP) is 3.59. The zero-order chi connectivity index (χ0) is 15.9. The molecule has 130 valence electrons. The maximum absolute atomic E-state index is 12.5. The van der Waals surface area contributed by atoms with Crippen LogP contribution >= 0.6 is 12.4 Å². The normalized spacial score (nSPS) is 21.3. The summed E-state index contributed by atoms with van der Waals surface area (Å²) in [7, 11) is 1.66. The van der Waals surface area contributed by atoms with Crippen molar-refractivity contribution in [3.8, 4) is 5.75 Å². The van der Waals surface area contributed by atoms with Crippen LogP contribution in [0.25, 0.3) is 0 Å². The van der Waals surface area contributed by atoms with Gasteiger partial charge >= 0.3 is 0 Å². The van der Waals surface area contributed by atoms with Gasteiger partial charge in [-0.25, -0.2) is 0 Å². The average molecular weight is 341 g/mol. The van der Waals surface area contributed by atoms with E-state index in [2.05, 4.69) is 12.2 Å². The third kappa shape index (κ3) is 5.70. The number of hydrogen-bond acceptors (Lipinski definition) is 3. The molecule has 1 amide bonds. The van der Waals surface area contributed by atoms with Crippen molar-refractivity contribution in [3.05, 3.63) is 29.8 Å². The van der Waals surface area contributed by atoms with Crippen LogP contribution in [0.5, 0.6) is 5.75 Å². The van der Waals surface area contributed by atoms with Gasteiger partial charge in [-0.1, -0.05) is 31.9 Å². The molecular formula is C18H29ClN2O2. The standard InChI is InChI=1S/C18H28N2O2.ClH/c1-3-4-5-17(13-7-10-16(22-2)11-8-13)20-18(21)14-6-9-15(19)12-14;/h7-8,10-11,14-15,17H,3-6,9,12,19H2,1-2H3,(H,20,21);1H. The molecule has 0 radical (unpaired) electrons. The SMILES string of the molecule is CCCCC(NC(=O)C1CCC(N)C1)c1ccc(OC)cc1.Cl. The number of carbonyl (C=O) groups excluding carboxylic acids is 1. The lowest BCUT2D eigenvalue weighted by molar-refractivity contribution is -0.125. The molecule has 23 heavy (non-hydrogen) atoms.